The van der Waals surface area contributed by atoms with Crippen LogP contribution in [0.4, 0.5) is 0 Å². The van der Waals surface area contributed by atoms with Gasteiger partial charge in [0.05, 0.1) is 7.11 Å². The van der Waals surface area contributed by atoms with Gasteiger partial charge >= 0.3 is 0 Å². The van der Waals surface area contributed by atoms with E-state index < -0.39 is 0 Å². The average molecular weight is 310 g/mol. The molecule has 0 aliphatic rings. The van der Waals surface area contributed by atoms with Crippen LogP contribution in [0.25, 0.3) is 0 Å². The molecular weight excluding hydrogens is 298 g/mol. The molecule has 0 unspecified atom stereocenters. The number of halogens is 1. The number of para-hydroxylation sites is 1. The highest BCUT2D eigenvalue weighted by Crippen LogP contribution is 2.21. The number of aromatic nitrogens is 3. The molecule has 0 aliphatic carbocycles. The van der Waals surface area contributed by atoms with Gasteiger partial charge in [-0.2, -0.15) is 0 Å². The Morgan fingerprint density at radius 3 is 2.78 bits per heavy atom. The lowest BCUT2D eigenvalue weighted by molar-refractivity contribution is 0.0982. The van der Waals surface area contributed by atoms with Crippen molar-refractivity contribution >= 4 is 21.7 Å². The fraction of sp³-hybridized carbons (Fsp3) is 0.250. The summed E-state index contributed by atoms with van der Waals surface area (Å²) in [6.07, 6.45) is 0.254. The predicted octanol–water partition coefficient (Wildman–Crippen LogP) is 2.01. The number of nitrogens with zero attached hydrogens (tertiary/aromatic N) is 3. The minimum atomic E-state index is -0.0566. The summed E-state index contributed by atoms with van der Waals surface area (Å²) in [5.74, 6) is 0.649. The van der Waals surface area contributed by atoms with E-state index in [4.69, 9.17) is 4.74 Å². The monoisotopic (exact) mass is 309 g/mol. The van der Waals surface area contributed by atoms with Crippen molar-refractivity contribution in [1.82, 2.24) is 15.0 Å². The Hall–Kier alpha value is -1.69. The van der Waals surface area contributed by atoms with Crippen LogP contribution < -0.4 is 4.74 Å². The first-order chi connectivity index (χ1) is 8.63. The highest BCUT2D eigenvalue weighted by atomic mass is 79.9. The summed E-state index contributed by atoms with van der Waals surface area (Å²) >= 11 is 3.22. The number of methoxy groups -OCH3 is 1. The van der Waals surface area contributed by atoms with Crippen molar-refractivity contribution < 1.29 is 9.53 Å². The molecule has 0 saturated carbocycles. The Labute approximate surface area is 113 Å². The van der Waals surface area contributed by atoms with Crippen LogP contribution in [0.1, 0.15) is 16.1 Å². The van der Waals surface area contributed by atoms with E-state index in [1.165, 1.54) is 4.68 Å². The first kappa shape index (κ1) is 12.8. The molecule has 94 valence electrons. The van der Waals surface area contributed by atoms with E-state index in [1.807, 2.05) is 24.3 Å². The quantitative estimate of drug-likeness (QED) is 0.811. The van der Waals surface area contributed by atoms with Gasteiger partial charge in [0.15, 0.2) is 10.4 Å². The van der Waals surface area contributed by atoms with Gasteiger partial charge in [-0.15, -0.1) is 5.10 Å². The lowest BCUT2D eigenvalue weighted by Crippen LogP contribution is -2.11. The minimum absolute atomic E-state index is 0.0566. The van der Waals surface area contributed by atoms with Crippen LogP contribution in [0.5, 0.6) is 5.75 Å². The van der Waals surface area contributed by atoms with Gasteiger partial charge in [0, 0.05) is 19.0 Å². The minimum Gasteiger partial charge on any atom is -0.496 e. The summed E-state index contributed by atoms with van der Waals surface area (Å²) in [5, 5.41) is 7.59. The first-order valence-corrected chi connectivity index (χ1v) is 6.13. The molecule has 0 N–H and O–H groups in total. The first-order valence-electron chi connectivity index (χ1n) is 5.33. The molecule has 0 amide bonds. The van der Waals surface area contributed by atoms with Crippen molar-refractivity contribution in [1.29, 1.82) is 0 Å². The Kier molecular flexibility index (Phi) is 3.76. The lowest BCUT2D eigenvalue weighted by atomic mass is 10.1. The Morgan fingerprint density at radius 1 is 1.44 bits per heavy atom. The fourth-order valence-corrected chi connectivity index (χ4v) is 2.28. The molecule has 1 aromatic heterocycles. The number of carbonyl (C=O) groups is 1. The molecule has 5 nitrogen and oxygen atoms in total. The molecule has 1 aromatic carbocycles. The van der Waals surface area contributed by atoms with Gasteiger partial charge in [0.2, 0.25) is 0 Å². The summed E-state index contributed by atoms with van der Waals surface area (Å²) < 4.78 is 7.15. The normalized spacial score (nSPS) is 10.4. The van der Waals surface area contributed by atoms with E-state index >= 15 is 0 Å². The number of hydrogen-bond acceptors (Lipinski definition) is 4. The standard InChI is InChI=1S/C12H12BrN3O2/c1-16-11(12(13)14-15-16)9(17)7-8-5-3-4-6-10(8)18-2/h3-6H,7H2,1-2H3. The third-order valence-corrected chi connectivity index (χ3v) is 3.13. The van der Waals surface area contributed by atoms with Gasteiger partial charge in [0.1, 0.15) is 11.4 Å². The fourth-order valence-electron chi connectivity index (χ4n) is 1.73. The molecule has 18 heavy (non-hydrogen) atoms. The van der Waals surface area contributed by atoms with E-state index in [2.05, 4.69) is 26.2 Å². The molecule has 0 spiro atoms. The number of ketones is 1. The van der Waals surface area contributed by atoms with Crippen LogP contribution in [0.2, 0.25) is 0 Å². The van der Waals surface area contributed by atoms with E-state index in [-0.39, 0.29) is 12.2 Å². The summed E-state index contributed by atoms with van der Waals surface area (Å²) in [7, 11) is 3.28. The predicted molar refractivity (Wildman–Crippen MR) is 69.7 cm³/mol. The highest BCUT2D eigenvalue weighted by molar-refractivity contribution is 9.10. The number of hydrogen-bond donors (Lipinski definition) is 0. The van der Waals surface area contributed by atoms with Crippen molar-refractivity contribution in [3.63, 3.8) is 0 Å². The SMILES string of the molecule is COc1ccccc1CC(=O)c1c(Br)nnn1C. The van der Waals surface area contributed by atoms with Gasteiger partial charge in [0.25, 0.3) is 0 Å². The summed E-state index contributed by atoms with van der Waals surface area (Å²) in [6, 6.07) is 7.45. The second-order valence-corrected chi connectivity index (χ2v) is 4.52. The maximum Gasteiger partial charge on any atom is 0.188 e. The Balaban J connectivity index is 2.27. The number of carbonyl (C=O) groups excluding carboxylic acids is 1. The van der Waals surface area contributed by atoms with Gasteiger partial charge in [-0.25, -0.2) is 4.68 Å². The number of ether oxygens (including phenoxy) is 1. The smallest absolute Gasteiger partial charge is 0.188 e. The van der Waals surface area contributed by atoms with E-state index in [0.29, 0.717) is 16.0 Å². The molecule has 0 saturated heterocycles. The van der Waals surface area contributed by atoms with Crippen LogP contribution in [0.3, 0.4) is 0 Å². The van der Waals surface area contributed by atoms with Crippen molar-refractivity contribution in [2.75, 3.05) is 7.11 Å². The maximum atomic E-state index is 12.2. The van der Waals surface area contributed by atoms with Crippen molar-refractivity contribution in [3.05, 3.63) is 40.1 Å². The molecule has 0 aliphatic heterocycles. The van der Waals surface area contributed by atoms with Crippen LogP contribution in [0, 0.1) is 0 Å². The van der Waals surface area contributed by atoms with Gasteiger partial charge in [-0.05, 0) is 22.0 Å². The Bertz CT molecular complexity index is 561. The second kappa shape index (κ2) is 5.30. The molecule has 1 heterocycles. The second-order valence-electron chi connectivity index (χ2n) is 3.76. The highest BCUT2D eigenvalue weighted by Gasteiger charge is 2.18. The van der Waals surface area contributed by atoms with E-state index in [1.54, 1.807) is 14.2 Å². The maximum absolute atomic E-state index is 12.2. The Morgan fingerprint density at radius 2 is 2.17 bits per heavy atom. The molecule has 6 heteroatoms. The van der Waals surface area contributed by atoms with Crippen LogP contribution >= 0.6 is 15.9 Å². The average Bonchev–Trinajstić information content (AvgIpc) is 2.69. The van der Waals surface area contributed by atoms with Gasteiger partial charge < -0.3 is 4.74 Å². The van der Waals surface area contributed by atoms with Crippen molar-refractivity contribution in [2.24, 2.45) is 7.05 Å². The summed E-state index contributed by atoms with van der Waals surface area (Å²) in [5.41, 5.74) is 1.30. The number of aryl methyl sites for hydroxylation is 1. The van der Waals surface area contributed by atoms with Gasteiger partial charge in [-0.3, -0.25) is 4.79 Å². The zero-order chi connectivity index (χ0) is 13.1. The number of Topliss-reactive ketones (excluding diaryl/α,β-unsaturated/α-hetero) is 1. The third-order valence-electron chi connectivity index (χ3n) is 2.59. The molecule has 0 fully saturated rings. The zero-order valence-electron chi connectivity index (χ0n) is 10.1. The number of rotatable bonds is 4. The van der Waals surface area contributed by atoms with Crippen LogP contribution in [-0.2, 0) is 13.5 Å². The molecule has 0 atom stereocenters. The van der Waals surface area contributed by atoms with Crippen molar-refractivity contribution in [3.8, 4) is 5.75 Å². The zero-order valence-corrected chi connectivity index (χ0v) is 11.6. The van der Waals surface area contributed by atoms with Crippen LogP contribution in [-0.4, -0.2) is 27.9 Å². The van der Waals surface area contributed by atoms with Crippen LogP contribution in [0.15, 0.2) is 28.9 Å². The summed E-state index contributed by atoms with van der Waals surface area (Å²) in [4.78, 5) is 12.2. The number of benzene rings is 1. The molecule has 0 radical (unpaired) electrons. The molecule has 2 aromatic rings. The molecule has 0 bridgehead atoms. The lowest BCUT2D eigenvalue weighted by Gasteiger charge is -2.07. The molecule has 2 rings (SSSR count). The van der Waals surface area contributed by atoms with Crippen molar-refractivity contribution in [2.45, 2.75) is 6.42 Å². The summed E-state index contributed by atoms with van der Waals surface area (Å²) in [6.45, 7) is 0. The molecular formula is C12H12BrN3O2. The third kappa shape index (κ3) is 2.43. The topological polar surface area (TPSA) is 57.0 Å². The largest absolute Gasteiger partial charge is 0.496 e. The van der Waals surface area contributed by atoms with Gasteiger partial charge in [-0.1, -0.05) is 23.4 Å². The van der Waals surface area contributed by atoms with E-state index in [9.17, 15) is 4.79 Å². The van der Waals surface area contributed by atoms with E-state index in [0.717, 1.165) is 5.56 Å².